The smallest absolute Gasteiger partial charge is 0.414 e. The van der Waals surface area contributed by atoms with Crippen LogP contribution in [0.3, 0.4) is 0 Å². The summed E-state index contributed by atoms with van der Waals surface area (Å²) in [5.74, 6) is -1.01. The topological polar surface area (TPSA) is 104 Å². The number of aromatic nitrogens is 1. The first-order valence-corrected chi connectivity index (χ1v) is 8.38. The highest BCUT2D eigenvalue weighted by molar-refractivity contribution is 7.90. The molecule has 0 bridgehead atoms. The van der Waals surface area contributed by atoms with Gasteiger partial charge >= 0.3 is 10.9 Å². The number of carbonyl (C=O) groups is 1. The van der Waals surface area contributed by atoms with Gasteiger partial charge < -0.3 is 9.15 Å². The molecule has 0 saturated carbocycles. The first-order valence-electron chi connectivity index (χ1n) is 5.33. The third kappa shape index (κ3) is 2.99. The van der Waals surface area contributed by atoms with Crippen LogP contribution in [0, 0.1) is 0 Å². The summed E-state index contributed by atoms with van der Waals surface area (Å²) in [4.78, 5) is 21.8. The first-order chi connectivity index (χ1) is 9.75. The highest BCUT2D eigenvalue weighted by Gasteiger charge is 2.26. The predicted molar refractivity (Wildman–Crippen MR) is 75.5 cm³/mol. The normalized spacial score (nSPS) is 11.4. The summed E-state index contributed by atoms with van der Waals surface area (Å²) in [7, 11) is -2.52. The largest absolute Gasteiger partial charge is 0.465 e. The lowest BCUT2D eigenvalue weighted by atomic mass is 10.1. The lowest BCUT2D eigenvalue weighted by molar-refractivity contribution is 0.0601. The fourth-order valence-electron chi connectivity index (χ4n) is 1.63. The van der Waals surface area contributed by atoms with Crippen LogP contribution in [0.4, 0.5) is 0 Å². The fourth-order valence-corrected chi connectivity index (χ4v) is 3.28. The zero-order valence-electron chi connectivity index (χ0n) is 10.7. The third-order valence-corrected chi connectivity index (χ3v) is 4.53. The Morgan fingerprint density at radius 1 is 1.43 bits per heavy atom. The van der Waals surface area contributed by atoms with Crippen molar-refractivity contribution in [1.29, 1.82) is 0 Å². The summed E-state index contributed by atoms with van der Waals surface area (Å²) in [5.41, 5.74) is -0.197. The van der Waals surface area contributed by atoms with E-state index in [1.807, 2.05) is 0 Å². The van der Waals surface area contributed by atoms with Crippen molar-refractivity contribution in [3.05, 3.63) is 32.5 Å². The molecule has 0 saturated heterocycles. The van der Waals surface area contributed by atoms with Gasteiger partial charge in [-0.25, -0.2) is 18.0 Å². The van der Waals surface area contributed by atoms with Gasteiger partial charge in [-0.15, -0.1) is 4.37 Å². The Hall–Kier alpha value is -1.71. The molecule has 0 aliphatic heterocycles. The minimum Gasteiger partial charge on any atom is -0.465 e. The van der Waals surface area contributed by atoms with Crippen molar-refractivity contribution >= 4 is 38.9 Å². The van der Waals surface area contributed by atoms with Crippen LogP contribution < -0.4 is 4.94 Å². The molecule has 2 rings (SSSR count). The molecule has 7 nitrogen and oxygen atoms in total. The van der Waals surface area contributed by atoms with E-state index in [9.17, 15) is 18.0 Å². The van der Waals surface area contributed by atoms with Crippen molar-refractivity contribution in [3.8, 4) is 11.5 Å². The molecule has 10 heteroatoms. The van der Waals surface area contributed by atoms with Crippen molar-refractivity contribution in [2.75, 3.05) is 13.4 Å². The molecule has 1 aromatic carbocycles. The number of carbonyl (C=O) groups excluding carboxylic acids is 1. The van der Waals surface area contributed by atoms with E-state index in [-0.39, 0.29) is 26.9 Å². The van der Waals surface area contributed by atoms with E-state index in [0.717, 1.165) is 13.4 Å². The summed E-state index contributed by atoms with van der Waals surface area (Å²) >= 11 is 6.58. The van der Waals surface area contributed by atoms with Crippen molar-refractivity contribution in [3.63, 3.8) is 0 Å². The standard InChI is InChI=1S/C11H8ClNO6S2/c1-18-10(14)5-3-4-6(21(2,16)17)7(8(5)12)9-13-20-11(15)19-9/h3-4H,1-2H3. The van der Waals surface area contributed by atoms with Crippen LogP contribution in [0.25, 0.3) is 11.5 Å². The van der Waals surface area contributed by atoms with Gasteiger partial charge in [0.15, 0.2) is 9.84 Å². The molecule has 112 valence electrons. The Morgan fingerprint density at radius 3 is 2.57 bits per heavy atom. The van der Waals surface area contributed by atoms with Crippen LogP contribution in [0.15, 0.2) is 26.2 Å². The van der Waals surface area contributed by atoms with E-state index in [1.165, 1.54) is 12.1 Å². The summed E-state index contributed by atoms with van der Waals surface area (Å²) in [5, 5.41) is -0.209. The molecule has 2 aromatic rings. The molecular formula is C11H8ClNO6S2. The maximum Gasteiger partial charge on any atom is 0.414 e. The van der Waals surface area contributed by atoms with Gasteiger partial charge in [-0.3, -0.25) is 0 Å². The van der Waals surface area contributed by atoms with Gasteiger partial charge in [0, 0.05) is 6.26 Å². The van der Waals surface area contributed by atoms with E-state index >= 15 is 0 Å². The van der Waals surface area contributed by atoms with Gasteiger partial charge in [0.25, 0.3) is 0 Å². The summed E-state index contributed by atoms with van der Waals surface area (Å²) in [6.45, 7) is 0. The predicted octanol–water partition coefficient (Wildman–Crippen LogP) is 1.61. The number of nitrogens with zero attached hydrogens (tertiary/aromatic N) is 1. The number of rotatable bonds is 3. The molecule has 0 radical (unpaired) electrons. The maximum atomic E-state index is 11.8. The SMILES string of the molecule is COC(=O)c1ccc(S(C)(=O)=O)c(-c2nsc(=O)o2)c1Cl. The van der Waals surface area contributed by atoms with E-state index in [0.29, 0.717) is 11.5 Å². The van der Waals surface area contributed by atoms with Crippen LogP contribution in [0.2, 0.25) is 5.02 Å². The average Bonchev–Trinajstić information content (AvgIpc) is 2.82. The minimum atomic E-state index is -3.68. The maximum absolute atomic E-state index is 11.8. The van der Waals surface area contributed by atoms with Gasteiger partial charge in [-0.2, -0.15) is 0 Å². The molecular weight excluding hydrogens is 342 g/mol. The number of sulfone groups is 1. The number of halogens is 1. The number of methoxy groups -OCH3 is 1. The van der Waals surface area contributed by atoms with Crippen molar-refractivity contribution in [2.24, 2.45) is 0 Å². The molecule has 1 aromatic heterocycles. The summed E-state index contributed by atoms with van der Waals surface area (Å²) < 4.78 is 36.7. The van der Waals surface area contributed by atoms with Crippen molar-refractivity contribution < 1.29 is 22.4 Å². The number of esters is 1. The molecule has 0 atom stereocenters. The van der Waals surface area contributed by atoms with E-state index in [1.54, 1.807) is 0 Å². The highest BCUT2D eigenvalue weighted by atomic mass is 35.5. The highest BCUT2D eigenvalue weighted by Crippen LogP contribution is 2.35. The van der Waals surface area contributed by atoms with Crippen molar-refractivity contribution in [2.45, 2.75) is 4.90 Å². The molecule has 0 aliphatic carbocycles. The Bertz CT molecular complexity index is 867. The number of hydrogen-bond acceptors (Lipinski definition) is 8. The number of hydrogen-bond donors (Lipinski definition) is 0. The molecule has 0 fully saturated rings. The first kappa shape index (κ1) is 15.7. The van der Waals surface area contributed by atoms with E-state index < -0.39 is 20.7 Å². The summed E-state index contributed by atoms with van der Waals surface area (Å²) in [6.07, 6.45) is 0.963. The molecule has 0 aliphatic rings. The molecule has 1 heterocycles. The fraction of sp³-hybridized carbons (Fsp3) is 0.182. The number of benzene rings is 1. The Kier molecular flexibility index (Phi) is 4.17. The second kappa shape index (κ2) is 5.58. The second-order valence-electron chi connectivity index (χ2n) is 3.90. The van der Waals surface area contributed by atoms with Crippen LogP contribution in [-0.2, 0) is 14.6 Å². The Labute approximate surface area is 128 Å². The van der Waals surface area contributed by atoms with Gasteiger partial charge in [-0.05, 0) is 12.1 Å². The van der Waals surface area contributed by atoms with E-state index in [2.05, 4.69) is 9.11 Å². The lowest BCUT2D eigenvalue weighted by Crippen LogP contribution is -2.07. The van der Waals surface area contributed by atoms with Gasteiger partial charge in [0.05, 0.1) is 39.7 Å². The zero-order chi connectivity index (χ0) is 15.8. The average molecular weight is 350 g/mol. The zero-order valence-corrected chi connectivity index (χ0v) is 13.1. The van der Waals surface area contributed by atoms with Crippen molar-refractivity contribution in [1.82, 2.24) is 4.37 Å². The molecule has 0 unspecified atom stereocenters. The van der Waals surface area contributed by atoms with Crippen LogP contribution in [-0.4, -0.2) is 32.1 Å². The van der Waals surface area contributed by atoms with Crippen LogP contribution in [0.1, 0.15) is 10.4 Å². The molecule has 0 amide bonds. The lowest BCUT2D eigenvalue weighted by Gasteiger charge is -2.10. The van der Waals surface area contributed by atoms with Crippen LogP contribution >= 0.6 is 23.1 Å². The Balaban J connectivity index is 2.85. The summed E-state index contributed by atoms with van der Waals surface area (Å²) in [6, 6.07) is 2.40. The van der Waals surface area contributed by atoms with Gasteiger partial charge in [0.2, 0.25) is 5.89 Å². The molecule has 21 heavy (non-hydrogen) atoms. The Morgan fingerprint density at radius 2 is 2.10 bits per heavy atom. The van der Waals surface area contributed by atoms with Crippen LogP contribution in [0.5, 0.6) is 0 Å². The number of ether oxygens (including phenoxy) is 1. The molecule has 0 spiro atoms. The minimum absolute atomic E-state index is 0.0581. The van der Waals surface area contributed by atoms with Gasteiger partial charge in [0.1, 0.15) is 0 Å². The monoisotopic (exact) mass is 349 g/mol. The van der Waals surface area contributed by atoms with E-state index in [4.69, 9.17) is 16.0 Å². The van der Waals surface area contributed by atoms with Gasteiger partial charge in [-0.1, -0.05) is 11.6 Å². The quantitative estimate of drug-likeness (QED) is 0.775. The third-order valence-electron chi connectivity index (χ3n) is 2.51. The molecule has 0 N–H and O–H groups in total. The second-order valence-corrected chi connectivity index (χ2v) is 6.96.